The summed E-state index contributed by atoms with van der Waals surface area (Å²) in [6.45, 7) is 8.58. The van der Waals surface area contributed by atoms with Crippen LogP contribution >= 0.6 is 0 Å². The average molecular weight is 203 g/mol. The van der Waals surface area contributed by atoms with E-state index in [1.807, 2.05) is 16.8 Å². The highest BCUT2D eigenvalue weighted by Crippen LogP contribution is 2.16. The van der Waals surface area contributed by atoms with Gasteiger partial charge in [-0.05, 0) is 24.0 Å². The first-order valence-corrected chi connectivity index (χ1v) is 5.44. The second-order valence-corrected chi connectivity index (χ2v) is 4.54. The Morgan fingerprint density at radius 1 is 1.00 bits per heavy atom. The Hall–Kier alpha value is -1.38. The van der Waals surface area contributed by atoms with E-state index in [2.05, 4.69) is 43.8 Å². The van der Waals surface area contributed by atoms with Gasteiger partial charge in [0.2, 0.25) is 0 Å². The van der Waals surface area contributed by atoms with Crippen molar-refractivity contribution >= 4 is 5.65 Å². The predicted octanol–water partition coefficient (Wildman–Crippen LogP) is 2.98. The first-order valence-electron chi connectivity index (χ1n) is 5.44. The zero-order valence-electron chi connectivity index (χ0n) is 9.73. The van der Waals surface area contributed by atoms with Gasteiger partial charge < -0.3 is 0 Å². The van der Waals surface area contributed by atoms with Gasteiger partial charge in [-0.2, -0.15) is 5.10 Å². The van der Waals surface area contributed by atoms with Crippen LogP contribution in [0.3, 0.4) is 0 Å². The molecule has 0 radical (unpaired) electrons. The highest BCUT2D eigenvalue weighted by molar-refractivity contribution is 5.39. The minimum atomic E-state index is 0.453. The summed E-state index contributed by atoms with van der Waals surface area (Å²) in [5, 5.41) is 4.53. The van der Waals surface area contributed by atoms with Gasteiger partial charge in [-0.15, -0.1) is 0 Å². The van der Waals surface area contributed by atoms with Gasteiger partial charge in [0.15, 0.2) is 5.65 Å². The third-order valence-corrected chi connectivity index (χ3v) is 2.54. The molecule has 0 atom stereocenters. The molecule has 0 unspecified atom stereocenters. The van der Waals surface area contributed by atoms with Crippen molar-refractivity contribution in [2.75, 3.05) is 0 Å². The van der Waals surface area contributed by atoms with Crippen molar-refractivity contribution in [2.24, 2.45) is 0 Å². The highest BCUT2D eigenvalue weighted by Gasteiger charge is 2.07. The maximum absolute atomic E-state index is 4.53. The van der Waals surface area contributed by atoms with Crippen LogP contribution in [-0.2, 0) is 0 Å². The van der Waals surface area contributed by atoms with E-state index in [-0.39, 0.29) is 0 Å². The Morgan fingerprint density at radius 2 is 1.67 bits per heavy atom. The first-order chi connectivity index (χ1) is 7.08. The summed E-state index contributed by atoms with van der Waals surface area (Å²) < 4.78 is 1.88. The third kappa shape index (κ3) is 1.87. The van der Waals surface area contributed by atoms with Gasteiger partial charge in [0, 0.05) is 0 Å². The highest BCUT2D eigenvalue weighted by atomic mass is 15.2. The van der Waals surface area contributed by atoms with Gasteiger partial charge in [0.1, 0.15) is 0 Å². The molecule has 0 fully saturated rings. The van der Waals surface area contributed by atoms with Crippen LogP contribution in [-0.4, -0.2) is 14.6 Å². The molecule has 0 amide bonds. The quantitative estimate of drug-likeness (QED) is 0.751. The molecule has 0 N–H and O–H groups in total. The number of fused-ring (bicyclic) bond motifs is 1. The molecule has 0 saturated heterocycles. The lowest BCUT2D eigenvalue weighted by Crippen LogP contribution is -1.98. The van der Waals surface area contributed by atoms with Crippen molar-refractivity contribution in [3.63, 3.8) is 0 Å². The SMILES string of the molecule is CC(C)c1cn2nc(C(C)C)ccc2n1. The van der Waals surface area contributed by atoms with Crippen LogP contribution < -0.4 is 0 Å². The van der Waals surface area contributed by atoms with Crippen LogP contribution in [0.2, 0.25) is 0 Å². The lowest BCUT2D eigenvalue weighted by Gasteiger charge is -2.03. The second kappa shape index (κ2) is 3.65. The van der Waals surface area contributed by atoms with E-state index in [0.717, 1.165) is 17.0 Å². The molecule has 0 spiro atoms. The van der Waals surface area contributed by atoms with Crippen molar-refractivity contribution in [3.05, 3.63) is 29.7 Å². The smallest absolute Gasteiger partial charge is 0.153 e. The monoisotopic (exact) mass is 203 g/mol. The van der Waals surface area contributed by atoms with Gasteiger partial charge in [-0.3, -0.25) is 0 Å². The van der Waals surface area contributed by atoms with E-state index < -0.39 is 0 Å². The van der Waals surface area contributed by atoms with Crippen LogP contribution in [0.4, 0.5) is 0 Å². The van der Waals surface area contributed by atoms with Crippen molar-refractivity contribution in [3.8, 4) is 0 Å². The molecule has 0 aromatic carbocycles. The number of aromatic nitrogens is 3. The van der Waals surface area contributed by atoms with E-state index in [4.69, 9.17) is 0 Å². The Labute approximate surface area is 90.1 Å². The van der Waals surface area contributed by atoms with Gasteiger partial charge in [0.05, 0.1) is 17.6 Å². The number of hydrogen-bond acceptors (Lipinski definition) is 2. The van der Waals surface area contributed by atoms with Gasteiger partial charge in [-0.25, -0.2) is 9.50 Å². The van der Waals surface area contributed by atoms with Gasteiger partial charge in [-0.1, -0.05) is 27.7 Å². The molecule has 2 heterocycles. The molecule has 0 aliphatic carbocycles. The summed E-state index contributed by atoms with van der Waals surface area (Å²) in [5.74, 6) is 0.911. The minimum Gasteiger partial charge on any atom is -0.232 e. The Kier molecular flexibility index (Phi) is 2.47. The van der Waals surface area contributed by atoms with Crippen LogP contribution in [0.1, 0.15) is 50.9 Å². The molecule has 0 bridgehead atoms. The van der Waals surface area contributed by atoms with Gasteiger partial charge in [0.25, 0.3) is 0 Å². The van der Waals surface area contributed by atoms with Crippen LogP contribution in [0.15, 0.2) is 18.3 Å². The van der Waals surface area contributed by atoms with E-state index in [1.54, 1.807) is 0 Å². The predicted molar refractivity (Wildman–Crippen MR) is 61.2 cm³/mol. The fourth-order valence-corrected chi connectivity index (χ4v) is 1.50. The maximum atomic E-state index is 4.53. The molecular weight excluding hydrogens is 186 g/mol. The lowest BCUT2D eigenvalue weighted by atomic mass is 10.1. The summed E-state index contributed by atoms with van der Waals surface area (Å²) in [5.41, 5.74) is 3.14. The summed E-state index contributed by atoms with van der Waals surface area (Å²) in [7, 11) is 0. The maximum Gasteiger partial charge on any atom is 0.153 e. The summed E-state index contributed by atoms with van der Waals surface area (Å²) in [6, 6.07) is 4.09. The second-order valence-electron chi connectivity index (χ2n) is 4.54. The molecule has 0 aliphatic heterocycles. The Balaban J connectivity index is 2.52. The zero-order valence-corrected chi connectivity index (χ0v) is 9.73. The zero-order chi connectivity index (χ0) is 11.0. The largest absolute Gasteiger partial charge is 0.232 e. The first kappa shape index (κ1) is 10.1. The fourth-order valence-electron chi connectivity index (χ4n) is 1.50. The number of nitrogens with zero attached hydrogens (tertiary/aromatic N) is 3. The lowest BCUT2D eigenvalue weighted by molar-refractivity contribution is 0.761. The third-order valence-electron chi connectivity index (χ3n) is 2.54. The number of rotatable bonds is 2. The van der Waals surface area contributed by atoms with Crippen molar-refractivity contribution < 1.29 is 0 Å². The molecule has 0 aliphatic rings. The minimum absolute atomic E-state index is 0.453. The van der Waals surface area contributed by atoms with Crippen LogP contribution in [0.25, 0.3) is 5.65 Å². The molecule has 15 heavy (non-hydrogen) atoms. The standard InChI is InChI=1S/C12H17N3/c1-8(2)10-5-6-12-13-11(9(3)4)7-15(12)14-10/h5-9H,1-4H3. The fraction of sp³-hybridized carbons (Fsp3) is 0.500. The van der Waals surface area contributed by atoms with Crippen molar-refractivity contribution in [2.45, 2.75) is 39.5 Å². The molecule has 2 aromatic heterocycles. The molecular formula is C12H17N3. The van der Waals surface area contributed by atoms with Crippen molar-refractivity contribution in [1.82, 2.24) is 14.6 Å². The van der Waals surface area contributed by atoms with E-state index in [1.165, 1.54) is 0 Å². The van der Waals surface area contributed by atoms with E-state index >= 15 is 0 Å². The van der Waals surface area contributed by atoms with Gasteiger partial charge >= 0.3 is 0 Å². The van der Waals surface area contributed by atoms with E-state index in [0.29, 0.717) is 11.8 Å². The molecule has 3 heteroatoms. The summed E-state index contributed by atoms with van der Waals surface area (Å²) in [4.78, 5) is 4.51. The Morgan fingerprint density at radius 3 is 2.27 bits per heavy atom. The van der Waals surface area contributed by atoms with E-state index in [9.17, 15) is 0 Å². The topological polar surface area (TPSA) is 30.2 Å². The average Bonchev–Trinajstić information content (AvgIpc) is 2.59. The Bertz CT molecular complexity index is 463. The summed E-state index contributed by atoms with van der Waals surface area (Å²) in [6.07, 6.45) is 2.02. The molecule has 80 valence electrons. The normalized spacial score (nSPS) is 11.9. The summed E-state index contributed by atoms with van der Waals surface area (Å²) >= 11 is 0. The molecule has 2 aromatic rings. The molecule has 0 saturated carbocycles. The van der Waals surface area contributed by atoms with Crippen LogP contribution in [0.5, 0.6) is 0 Å². The van der Waals surface area contributed by atoms with Crippen molar-refractivity contribution in [1.29, 1.82) is 0 Å². The van der Waals surface area contributed by atoms with Crippen LogP contribution in [0, 0.1) is 0 Å². The molecule has 2 rings (SSSR count). The number of hydrogen-bond donors (Lipinski definition) is 0. The molecule has 3 nitrogen and oxygen atoms in total. The number of imidazole rings is 1.